The predicted octanol–water partition coefficient (Wildman–Crippen LogP) is 10.2. The SMILES string of the molecule is O=C1C=C(O)C2=C(c3ccc(O)cc3)[C@H]([C@@H]3c4cc(O)cc5c4[C@@H](c4cc(O)cc(O)c4[C@H]3c3ccc(O)cc3)[C@H](c3ccc(O)cc3)O5)c3cc(O)cc4c3[C@@H](C2=C1)[C@H](c1ccc(O)cc1)O4. The van der Waals surface area contributed by atoms with Gasteiger partial charge in [0.15, 0.2) is 5.78 Å². The van der Waals surface area contributed by atoms with Gasteiger partial charge in [0.1, 0.15) is 75.5 Å². The van der Waals surface area contributed by atoms with Gasteiger partial charge < -0.3 is 55.4 Å². The van der Waals surface area contributed by atoms with Gasteiger partial charge in [0.05, 0.1) is 11.8 Å². The number of hydrogen-bond donors (Lipinski definition) is 9. The Balaban J connectivity index is 1.26. The first-order chi connectivity index (χ1) is 32.8. The molecule has 0 saturated carbocycles. The van der Waals surface area contributed by atoms with Crippen molar-refractivity contribution in [3.8, 4) is 57.5 Å². The molecular weight excluding hydrogens is 865 g/mol. The standard InChI is InChI=1S/C56H40O12/c57-29-9-1-25(2-10-29)45-47-37(17-33(61)21-41(47)65)53-49-39(19-35(63)23-43(49)67-55(53)27-5-13-31(59)14-6-27)51(45)52-40-20-36(64)24-44-50(40)54(56(68-44)28-7-15-32(60)16-8-28)38-18-34(62)22-42(66)48(38)46(52)26-3-11-30(58)12-4-26/h1-24,45,51-61,63-66H/t45-,51-,52-,53-,54-,55+,56+/m1/s1. The van der Waals surface area contributed by atoms with E-state index in [1.54, 1.807) is 66.7 Å². The highest BCUT2D eigenvalue weighted by Gasteiger charge is 2.54. The van der Waals surface area contributed by atoms with Crippen molar-refractivity contribution in [2.24, 2.45) is 0 Å². The van der Waals surface area contributed by atoms with Crippen LogP contribution >= 0.6 is 0 Å². The van der Waals surface area contributed by atoms with Crippen LogP contribution in [0.4, 0.5) is 0 Å². The molecule has 0 bridgehead atoms. The van der Waals surface area contributed by atoms with E-state index in [0.29, 0.717) is 78.3 Å². The minimum absolute atomic E-state index is 0.0189. The van der Waals surface area contributed by atoms with E-state index in [4.69, 9.17) is 9.47 Å². The van der Waals surface area contributed by atoms with E-state index in [1.807, 2.05) is 0 Å². The third-order valence-electron chi connectivity index (χ3n) is 14.2. The fraction of sp³-hybridized carbons (Fsp3) is 0.125. The highest BCUT2D eigenvalue weighted by Crippen LogP contribution is 2.68. The Morgan fingerprint density at radius 2 is 0.853 bits per heavy atom. The molecule has 9 N–H and O–H groups in total. The average Bonchev–Trinajstić information content (AvgIpc) is 3.81. The van der Waals surface area contributed by atoms with Crippen LogP contribution in [0.3, 0.4) is 0 Å². The molecule has 7 aromatic rings. The lowest BCUT2D eigenvalue weighted by Gasteiger charge is -2.38. The van der Waals surface area contributed by atoms with E-state index < -0.39 is 47.6 Å². The molecule has 2 heterocycles. The van der Waals surface area contributed by atoms with Gasteiger partial charge in [0.2, 0.25) is 0 Å². The van der Waals surface area contributed by atoms with E-state index in [-0.39, 0.29) is 57.3 Å². The molecule has 2 aliphatic heterocycles. The molecule has 3 aliphatic carbocycles. The first kappa shape index (κ1) is 40.7. The maximum absolute atomic E-state index is 13.8. The molecule has 336 valence electrons. The maximum atomic E-state index is 13.8. The van der Waals surface area contributed by atoms with E-state index in [9.17, 15) is 50.8 Å². The molecule has 12 rings (SSSR count). The highest BCUT2D eigenvalue weighted by atomic mass is 16.5. The fourth-order valence-electron chi connectivity index (χ4n) is 11.7. The Morgan fingerprint density at radius 3 is 1.41 bits per heavy atom. The van der Waals surface area contributed by atoms with Crippen molar-refractivity contribution in [2.75, 3.05) is 0 Å². The molecule has 0 unspecified atom stereocenters. The monoisotopic (exact) mass is 904 g/mol. The zero-order valence-corrected chi connectivity index (χ0v) is 35.6. The molecule has 0 fully saturated rings. The van der Waals surface area contributed by atoms with E-state index in [2.05, 4.69) is 0 Å². The Labute approximate surface area is 387 Å². The fourth-order valence-corrected chi connectivity index (χ4v) is 11.7. The van der Waals surface area contributed by atoms with Crippen LogP contribution in [0.1, 0.15) is 97.4 Å². The predicted molar refractivity (Wildman–Crippen MR) is 248 cm³/mol. The molecule has 0 radical (unpaired) electrons. The number of benzene rings is 7. The summed E-state index contributed by atoms with van der Waals surface area (Å²) >= 11 is 0. The second-order valence-electron chi connectivity index (χ2n) is 18.0. The third-order valence-corrected chi connectivity index (χ3v) is 14.2. The first-order valence-electron chi connectivity index (χ1n) is 22.0. The molecule has 7 atom stereocenters. The summed E-state index contributed by atoms with van der Waals surface area (Å²) in [6.07, 6.45) is 0.934. The minimum Gasteiger partial charge on any atom is -0.508 e. The van der Waals surface area contributed by atoms with Crippen LogP contribution in [-0.2, 0) is 4.79 Å². The molecule has 0 saturated heterocycles. The second kappa shape index (κ2) is 14.9. The normalized spacial score (nSPS) is 22.9. The summed E-state index contributed by atoms with van der Waals surface area (Å²) in [6.45, 7) is 0. The number of phenols is 8. The van der Waals surface area contributed by atoms with Crippen molar-refractivity contribution in [3.05, 3.63) is 218 Å². The molecular formula is C56H40O12. The number of fused-ring (bicyclic) bond motifs is 4. The molecule has 5 aliphatic rings. The summed E-state index contributed by atoms with van der Waals surface area (Å²) < 4.78 is 13.7. The smallest absolute Gasteiger partial charge is 0.182 e. The Morgan fingerprint density at radius 1 is 0.397 bits per heavy atom. The number of aliphatic hydroxyl groups excluding tert-OH is 1. The van der Waals surface area contributed by atoms with Crippen molar-refractivity contribution >= 4 is 11.4 Å². The van der Waals surface area contributed by atoms with Crippen LogP contribution in [-0.4, -0.2) is 51.7 Å². The topological polar surface area (TPSA) is 218 Å². The van der Waals surface area contributed by atoms with Gasteiger partial charge in [0.25, 0.3) is 0 Å². The van der Waals surface area contributed by atoms with Crippen molar-refractivity contribution in [1.29, 1.82) is 0 Å². The Kier molecular flexibility index (Phi) is 8.91. The van der Waals surface area contributed by atoms with Crippen LogP contribution < -0.4 is 9.47 Å². The summed E-state index contributed by atoms with van der Waals surface area (Å²) in [5.41, 5.74) is 6.62. The van der Waals surface area contributed by atoms with Crippen molar-refractivity contribution in [1.82, 2.24) is 0 Å². The van der Waals surface area contributed by atoms with E-state index in [0.717, 1.165) is 6.08 Å². The molecule has 7 aromatic carbocycles. The van der Waals surface area contributed by atoms with E-state index >= 15 is 0 Å². The lowest BCUT2D eigenvalue weighted by Crippen LogP contribution is -2.23. The number of aliphatic hydroxyl groups is 1. The van der Waals surface area contributed by atoms with Gasteiger partial charge in [-0.15, -0.1) is 0 Å². The molecule has 12 nitrogen and oxygen atoms in total. The van der Waals surface area contributed by atoms with Crippen LogP contribution in [0.2, 0.25) is 0 Å². The quantitative estimate of drug-likeness (QED) is 0.0788. The van der Waals surface area contributed by atoms with Crippen molar-refractivity contribution in [3.63, 3.8) is 0 Å². The molecule has 0 spiro atoms. The number of carbonyl (C=O) groups excluding carboxylic acids is 1. The number of ketones is 1. The zero-order chi connectivity index (χ0) is 46.9. The molecule has 12 heteroatoms. The molecule has 0 amide bonds. The number of rotatable bonds is 5. The number of allylic oxidation sites excluding steroid dienone is 4. The van der Waals surface area contributed by atoms with Crippen LogP contribution in [0.15, 0.2) is 163 Å². The van der Waals surface area contributed by atoms with Gasteiger partial charge >= 0.3 is 0 Å². The number of hydrogen-bond acceptors (Lipinski definition) is 12. The first-order valence-corrected chi connectivity index (χ1v) is 22.0. The summed E-state index contributed by atoms with van der Waals surface area (Å²) in [6, 6.07) is 35.1. The minimum atomic E-state index is -1.02. The zero-order valence-electron chi connectivity index (χ0n) is 35.6. The third kappa shape index (κ3) is 6.17. The van der Waals surface area contributed by atoms with Gasteiger partial charge in [0, 0.05) is 64.3 Å². The van der Waals surface area contributed by atoms with Crippen LogP contribution in [0.25, 0.3) is 5.57 Å². The van der Waals surface area contributed by atoms with E-state index in [1.165, 1.54) is 72.8 Å². The van der Waals surface area contributed by atoms with Gasteiger partial charge in [-0.1, -0.05) is 48.5 Å². The molecule has 68 heavy (non-hydrogen) atoms. The highest BCUT2D eigenvalue weighted by molar-refractivity contribution is 6.05. The lowest BCUT2D eigenvalue weighted by atomic mass is 9.64. The summed E-state index contributed by atoms with van der Waals surface area (Å²) in [5, 5.41) is 103. The summed E-state index contributed by atoms with van der Waals surface area (Å²) in [4.78, 5) is 13.8. The van der Waals surface area contributed by atoms with Gasteiger partial charge in [-0.25, -0.2) is 0 Å². The van der Waals surface area contributed by atoms with Crippen molar-refractivity contribution in [2.45, 2.75) is 41.8 Å². The number of phenolic OH excluding ortho intramolecular Hbond substituents is 8. The maximum Gasteiger partial charge on any atom is 0.182 e. The average molecular weight is 905 g/mol. The van der Waals surface area contributed by atoms with Crippen LogP contribution in [0, 0.1) is 0 Å². The number of aromatic hydroxyl groups is 8. The Bertz CT molecular complexity index is 3370. The Hall–Kier alpha value is -8.77. The summed E-state index contributed by atoms with van der Waals surface area (Å²) in [5.74, 6) is -5.60. The summed E-state index contributed by atoms with van der Waals surface area (Å²) in [7, 11) is 0. The number of ether oxygens (including phenoxy) is 2. The van der Waals surface area contributed by atoms with Gasteiger partial charge in [-0.2, -0.15) is 0 Å². The second-order valence-corrected chi connectivity index (χ2v) is 18.0. The van der Waals surface area contributed by atoms with Gasteiger partial charge in [-0.3, -0.25) is 4.79 Å². The van der Waals surface area contributed by atoms with Crippen LogP contribution in [0.5, 0.6) is 57.5 Å². The number of carbonyl (C=O) groups is 1. The lowest BCUT2D eigenvalue weighted by molar-refractivity contribution is -0.110. The largest absolute Gasteiger partial charge is 0.508 e. The van der Waals surface area contributed by atoms with Gasteiger partial charge in [-0.05, 0) is 123 Å². The van der Waals surface area contributed by atoms with Crippen molar-refractivity contribution < 1.29 is 60.2 Å². The molecule has 0 aromatic heterocycles.